The second kappa shape index (κ2) is 5.35. The number of rotatable bonds is 1. The maximum atomic E-state index is 5.33. The summed E-state index contributed by atoms with van der Waals surface area (Å²) in [5, 5.41) is 0. The summed E-state index contributed by atoms with van der Waals surface area (Å²) in [4.78, 5) is 7.67. The first-order valence-electron chi connectivity index (χ1n) is 3.87. The van der Waals surface area contributed by atoms with Crippen LogP contribution in [0.25, 0.3) is 0 Å². The molecule has 2 N–H and O–H groups in total. The molecular weight excluding hydrogens is 154 g/mol. The first-order chi connectivity index (χ1) is 5.72. The minimum atomic E-state index is 0.247. The Morgan fingerprint density at radius 1 is 1.33 bits per heavy atom. The third-order valence-electron chi connectivity index (χ3n) is 1.06. The van der Waals surface area contributed by atoms with Crippen molar-refractivity contribution in [2.75, 3.05) is 12.8 Å². The van der Waals surface area contributed by atoms with Crippen molar-refractivity contribution in [2.24, 2.45) is 0 Å². The van der Waals surface area contributed by atoms with Crippen LogP contribution in [0.3, 0.4) is 0 Å². The normalized spacial score (nSPS) is 8.33. The number of hydrogen-bond donors (Lipinski definition) is 1. The number of nitrogen functional groups attached to an aromatic ring is 1. The Labute approximate surface area is 72.8 Å². The minimum absolute atomic E-state index is 0.247. The second-order valence-electron chi connectivity index (χ2n) is 1.91. The van der Waals surface area contributed by atoms with Gasteiger partial charge in [-0.3, -0.25) is 0 Å². The van der Waals surface area contributed by atoms with E-state index in [0.717, 1.165) is 5.69 Å². The van der Waals surface area contributed by atoms with Crippen LogP contribution in [0.5, 0.6) is 5.88 Å². The Hall–Kier alpha value is -1.32. The topological polar surface area (TPSA) is 61.0 Å². The molecule has 0 saturated heterocycles. The number of nitrogens with zero attached hydrogens (tertiary/aromatic N) is 2. The van der Waals surface area contributed by atoms with Gasteiger partial charge in [0.15, 0.2) is 0 Å². The van der Waals surface area contributed by atoms with E-state index in [1.54, 1.807) is 13.2 Å². The van der Waals surface area contributed by atoms with Crippen LogP contribution in [0, 0.1) is 6.92 Å². The predicted octanol–water partition coefficient (Wildman–Crippen LogP) is 1.40. The SMILES string of the molecule is CC.COc1cc(C)nc(N)n1. The molecule has 0 unspecified atom stereocenters. The Morgan fingerprint density at radius 2 is 1.92 bits per heavy atom. The summed E-state index contributed by atoms with van der Waals surface area (Å²) in [6.45, 7) is 5.83. The summed E-state index contributed by atoms with van der Waals surface area (Å²) >= 11 is 0. The highest BCUT2D eigenvalue weighted by atomic mass is 16.5. The number of ether oxygens (including phenoxy) is 1. The molecule has 1 aromatic rings. The van der Waals surface area contributed by atoms with E-state index in [2.05, 4.69) is 9.97 Å². The molecule has 0 amide bonds. The Bertz CT molecular complexity index is 217. The van der Waals surface area contributed by atoms with Gasteiger partial charge in [0.25, 0.3) is 0 Å². The molecule has 0 aliphatic rings. The van der Waals surface area contributed by atoms with E-state index < -0.39 is 0 Å². The highest BCUT2D eigenvalue weighted by molar-refractivity contribution is 5.24. The molecular formula is C8H15N3O. The molecule has 1 aromatic heterocycles. The third-order valence-corrected chi connectivity index (χ3v) is 1.06. The van der Waals surface area contributed by atoms with Gasteiger partial charge in [0.2, 0.25) is 11.8 Å². The van der Waals surface area contributed by atoms with Gasteiger partial charge in [-0.15, -0.1) is 0 Å². The summed E-state index contributed by atoms with van der Waals surface area (Å²) in [6.07, 6.45) is 0. The van der Waals surface area contributed by atoms with E-state index in [0.29, 0.717) is 5.88 Å². The first kappa shape index (κ1) is 10.7. The van der Waals surface area contributed by atoms with Gasteiger partial charge in [0.05, 0.1) is 7.11 Å². The van der Waals surface area contributed by atoms with Gasteiger partial charge in [-0.1, -0.05) is 13.8 Å². The zero-order valence-corrected chi connectivity index (χ0v) is 7.96. The lowest BCUT2D eigenvalue weighted by atomic mass is 10.4. The average Bonchev–Trinajstić information content (AvgIpc) is 2.06. The molecule has 1 heterocycles. The van der Waals surface area contributed by atoms with Crippen molar-refractivity contribution in [2.45, 2.75) is 20.8 Å². The van der Waals surface area contributed by atoms with Crippen molar-refractivity contribution in [3.8, 4) is 5.88 Å². The molecule has 0 aliphatic carbocycles. The number of anilines is 1. The van der Waals surface area contributed by atoms with Gasteiger partial charge in [-0.2, -0.15) is 4.98 Å². The summed E-state index contributed by atoms with van der Waals surface area (Å²) in [7, 11) is 1.54. The fraction of sp³-hybridized carbons (Fsp3) is 0.500. The van der Waals surface area contributed by atoms with Crippen LogP contribution < -0.4 is 10.5 Å². The van der Waals surface area contributed by atoms with Crippen molar-refractivity contribution < 1.29 is 4.74 Å². The van der Waals surface area contributed by atoms with Crippen LogP contribution >= 0.6 is 0 Å². The van der Waals surface area contributed by atoms with Crippen molar-refractivity contribution in [3.63, 3.8) is 0 Å². The number of aromatic nitrogens is 2. The van der Waals surface area contributed by atoms with Crippen LogP contribution in [-0.4, -0.2) is 17.1 Å². The van der Waals surface area contributed by atoms with Crippen LogP contribution in [0.1, 0.15) is 19.5 Å². The van der Waals surface area contributed by atoms with Gasteiger partial charge < -0.3 is 10.5 Å². The average molecular weight is 169 g/mol. The van der Waals surface area contributed by atoms with E-state index >= 15 is 0 Å². The molecule has 0 atom stereocenters. The Kier molecular flexibility index (Phi) is 4.76. The molecule has 68 valence electrons. The van der Waals surface area contributed by atoms with E-state index in [-0.39, 0.29) is 5.95 Å². The second-order valence-corrected chi connectivity index (χ2v) is 1.91. The lowest BCUT2D eigenvalue weighted by Crippen LogP contribution is -1.98. The molecule has 0 bridgehead atoms. The van der Waals surface area contributed by atoms with E-state index in [9.17, 15) is 0 Å². The molecule has 12 heavy (non-hydrogen) atoms. The van der Waals surface area contributed by atoms with Crippen molar-refractivity contribution in [1.82, 2.24) is 9.97 Å². The predicted molar refractivity (Wildman–Crippen MR) is 49.1 cm³/mol. The highest BCUT2D eigenvalue weighted by Gasteiger charge is 1.95. The molecule has 0 aromatic carbocycles. The van der Waals surface area contributed by atoms with E-state index in [1.807, 2.05) is 20.8 Å². The molecule has 0 radical (unpaired) electrons. The van der Waals surface area contributed by atoms with Crippen LogP contribution in [0.4, 0.5) is 5.95 Å². The molecule has 0 spiro atoms. The maximum Gasteiger partial charge on any atom is 0.223 e. The lowest BCUT2D eigenvalue weighted by Gasteiger charge is -1.99. The quantitative estimate of drug-likeness (QED) is 0.690. The van der Waals surface area contributed by atoms with Gasteiger partial charge >= 0.3 is 0 Å². The molecule has 0 aliphatic heterocycles. The standard InChI is InChI=1S/C6H9N3O.C2H6/c1-4-3-5(10-2)9-6(7)8-4;1-2/h3H,1-2H3,(H2,7,8,9);1-2H3. The number of hydrogen-bond acceptors (Lipinski definition) is 4. The Morgan fingerprint density at radius 3 is 2.33 bits per heavy atom. The maximum absolute atomic E-state index is 5.33. The summed E-state index contributed by atoms with van der Waals surface area (Å²) in [5.74, 6) is 0.752. The zero-order valence-electron chi connectivity index (χ0n) is 7.96. The largest absolute Gasteiger partial charge is 0.481 e. The smallest absolute Gasteiger partial charge is 0.223 e. The molecule has 0 fully saturated rings. The van der Waals surface area contributed by atoms with Gasteiger partial charge in [-0.05, 0) is 6.92 Å². The van der Waals surface area contributed by atoms with Crippen LogP contribution in [0.15, 0.2) is 6.07 Å². The highest BCUT2D eigenvalue weighted by Crippen LogP contribution is 2.07. The van der Waals surface area contributed by atoms with E-state index in [1.165, 1.54) is 0 Å². The fourth-order valence-electron chi connectivity index (χ4n) is 0.666. The molecule has 0 saturated carbocycles. The summed E-state index contributed by atoms with van der Waals surface area (Å²) in [6, 6.07) is 1.72. The number of methoxy groups -OCH3 is 1. The van der Waals surface area contributed by atoms with Crippen LogP contribution in [0.2, 0.25) is 0 Å². The first-order valence-corrected chi connectivity index (χ1v) is 3.87. The third kappa shape index (κ3) is 3.18. The lowest BCUT2D eigenvalue weighted by molar-refractivity contribution is 0.397. The summed E-state index contributed by atoms with van der Waals surface area (Å²) in [5.41, 5.74) is 6.14. The van der Waals surface area contributed by atoms with Crippen molar-refractivity contribution in [3.05, 3.63) is 11.8 Å². The molecule has 4 heteroatoms. The van der Waals surface area contributed by atoms with Gasteiger partial charge in [-0.25, -0.2) is 4.98 Å². The number of nitrogens with two attached hydrogens (primary N) is 1. The van der Waals surface area contributed by atoms with Crippen molar-refractivity contribution >= 4 is 5.95 Å². The van der Waals surface area contributed by atoms with Gasteiger partial charge in [0.1, 0.15) is 0 Å². The fourth-order valence-corrected chi connectivity index (χ4v) is 0.666. The number of aryl methyl sites for hydroxylation is 1. The Balaban J connectivity index is 0.000000561. The van der Waals surface area contributed by atoms with Crippen LogP contribution in [-0.2, 0) is 0 Å². The molecule has 1 rings (SSSR count). The van der Waals surface area contributed by atoms with Gasteiger partial charge in [0, 0.05) is 11.8 Å². The summed E-state index contributed by atoms with van der Waals surface area (Å²) < 4.78 is 4.84. The molecule has 4 nitrogen and oxygen atoms in total. The minimum Gasteiger partial charge on any atom is -0.481 e. The van der Waals surface area contributed by atoms with Crippen molar-refractivity contribution in [1.29, 1.82) is 0 Å². The monoisotopic (exact) mass is 169 g/mol. The van der Waals surface area contributed by atoms with E-state index in [4.69, 9.17) is 10.5 Å². The zero-order chi connectivity index (χ0) is 9.56.